The summed E-state index contributed by atoms with van der Waals surface area (Å²) in [6.45, 7) is 2.01. The average molecular weight is 367 g/mol. The molecule has 0 bridgehead atoms. The van der Waals surface area contributed by atoms with Gasteiger partial charge in [-0.2, -0.15) is 15.5 Å². The summed E-state index contributed by atoms with van der Waals surface area (Å²) in [7, 11) is 1.84. The van der Waals surface area contributed by atoms with Gasteiger partial charge in [-0.3, -0.25) is 9.78 Å². The van der Waals surface area contributed by atoms with Crippen LogP contribution in [0.15, 0.2) is 42.7 Å². The van der Waals surface area contributed by atoms with Gasteiger partial charge >= 0.3 is 0 Å². The fourth-order valence-electron chi connectivity index (χ4n) is 4.15. The van der Waals surface area contributed by atoms with E-state index in [1.807, 2.05) is 26.2 Å². The lowest BCUT2D eigenvalue weighted by molar-refractivity contribution is 0.474. The smallest absolute Gasteiger partial charge is 0.116 e. The number of allylic oxidation sites excluding steroid dienone is 1. The van der Waals surface area contributed by atoms with E-state index >= 15 is 0 Å². The normalized spacial score (nSPS) is 13.2. The molecule has 1 aliphatic carbocycles. The lowest BCUT2D eigenvalue weighted by Gasteiger charge is -2.11. The van der Waals surface area contributed by atoms with E-state index in [1.54, 1.807) is 23.0 Å². The molecule has 0 unspecified atom stereocenters. The summed E-state index contributed by atoms with van der Waals surface area (Å²) >= 11 is 0. The van der Waals surface area contributed by atoms with E-state index in [4.69, 9.17) is 0 Å². The summed E-state index contributed by atoms with van der Waals surface area (Å²) in [5, 5.41) is 32.3. The molecule has 0 radical (unpaired) electrons. The van der Waals surface area contributed by atoms with Crippen molar-refractivity contribution in [2.45, 2.75) is 13.3 Å². The number of aryl methyl sites for hydroxylation is 2. The van der Waals surface area contributed by atoms with Crippen molar-refractivity contribution in [2.75, 3.05) is 0 Å². The van der Waals surface area contributed by atoms with Crippen LogP contribution in [0, 0.1) is 18.3 Å². The highest BCUT2D eigenvalue weighted by molar-refractivity contribution is 6.05. The molecule has 2 aromatic carbocycles. The molecule has 2 heterocycles. The lowest BCUT2D eigenvalue weighted by Crippen LogP contribution is -2.01. The summed E-state index contributed by atoms with van der Waals surface area (Å²) in [5.74, 6) is 0.223. The molecule has 28 heavy (non-hydrogen) atoms. The van der Waals surface area contributed by atoms with E-state index in [2.05, 4.69) is 33.5 Å². The summed E-state index contributed by atoms with van der Waals surface area (Å²) in [6, 6.07) is 12.0. The largest absolute Gasteiger partial charge is 0.508 e. The Bertz CT molecular complexity index is 1330. The lowest BCUT2D eigenvalue weighted by atomic mass is 9.95. The van der Waals surface area contributed by atoms with E-state index < -0.39 is 0 Å². The van der Waals surface area contributed by atoms with Gasteiger partial charge in [0.2, 0.25) is 0 Å². The maximum atomic E-state index is 10.2. The van der Waals surface area contributed by atoms with Crippen LogP contribution in [-0.4, -0.2) is 25.1 Å². The number of hydrogen-bond donors (Lipinski definition) is 2. The molecule has 0 fully saturated rings. The second-order valence-corrected chi connectivity index (χ2v) is 7.13. The van der Waals surface area contributed by atoms with Crippen molar-refractivity contribution < 1.29 is 5.11 Å². The number of aromatic amines is 1. The minimum Gasteiger partial charge on any atom is -0.508 e. The van der Waals surface area contributed by atoms with E-state index in [0.29, 0.717) is 5.56 Å². The highest BCUT2D eigenvalue weighted by Gasteiger charge is 2.29. The Balaban J connectivity index is 1.85. The minimum absolute atomic E-state index is 0.223. The number of phenols is 1. The van der Waals surface area contributed by atoms with Gasteiger partial charge in [0.25, 0.3) is 0 Å². The molecule has 5 rings (SSSR count). The number of rotatable bonds is 2. The van der Waals surface area contributed by atoms with Crippen LogP contribution in [0.5, 0.6) is 5.75 Å². The molecular formula is C22H17N5O. The third kappa shape index (κ3) is 2.26. The average Bonchev–Trinajstić information content (AvgIpc) is 3.37. The zero-order valence-corrected chi connectivity index (χ0v) is 15.5. The van der Waals surface area contributed by atoms with Crippen molar-refractivity contribution in [1.82, 2.24) is 20.0 Å². The number of aromatic nitrogens is 4. The Morgan fingerprint density at radius 2 is 2.07 bits per heavy atom. The maximum absolute atomic E-state index is 10.2. The van der Waals surface area contributed by atoms with Crippen LogP contribution >= 0.6 is 0 Å². The van der Waals surface area contributed by atoms with Crippen LogP contribution in [0.3, 0.4) is 0 Å². The number of phenolic OH excluding ortho intramolecular Hbond substituents is 1. The molecule has 6 heteroatoms. The molecule has 136 valence electrons. The number of nitriles is 1. The van der Waals surface area contributed by atoms with Crippen molar-refractivity contribution in [2.24, 2.45) is 7.05 Å². The van der Waals surface area contributed by atoms with E-state index in [0.717, 1.165) is 50.9 Å². The van der Waals surface area contributed by atoms with Crippen LogP contribution < -0.4 is 0 Å². The van der Waals surface area contributed by atoms with Crippen molar-refractivity contribution in [3.8, 4) is 11.8 Å². The second-order valence-electron chi connectivity index (χ2n) is 7.13. The predicted molar refractivity (Wildman–Crippen MR) is 106 cm³/mol. The van der Waals surface area contributed by atoms with E-state index in [1.165, 1.54) is 5.56 Å². The van der Waals surface area contributed by atoms with Gasteiger partial charge in [-0.05, 0) is 65.4 Å². The van der Waals surface area contributed by atoms with Crippen molar-refractivity contribution in [3.63, 3.8) is 0 Å². The fourth-order valence-corrected chi connectivity index (χ4v) is 4.15. The first-order valence-corrected chi connectivity index (χ1v) is 8.99. The van der Waals surface area contributed by atoms with Crippen LogP contribution in [0.4, 0.5) is 0 Å². The minimum atomic E-state index is 0.223. The van der Waals surface area contributed by atoms with Gasteiger partial charge in [-0.1, -0.05) is 6.07 Å². The Labute approximate surface area is 161 Å². The summed E-state index contributed by atoms with van der Waals surface area (Å²) in [4.78, 5) is 0. The van der Waals surface area contributed by atoms with Crippen LogP contribution in [0.1, 0.15) is 33.5 Å². The number of aromatic hydroxyl groups is 1. The molecule has 6 nitrogen and oxygen atoms in total. The Morgan fingerprint density at radius 3 is 2.89 bits per heavy atom. The van der Waals surface area contributed by atoms with E-state index in [-0.39, 0.29) is 5.75 Å². The maximum Gasteiger partial charge on any atom is 0.116 e. The standard InChI is InChI=1S/C22H17N5O/c1-12-5-16(28)7-19-17(12)8-18(13-3-4-20-14(6-13)10-24-26-20)21(19)22-15(9-23)11-25-27(22)2/h3-7,10-11,28H,8H2,1-2H3,(H,24,26). The molecule has 0 atom stereocenters. The molecule has 2 N–H and O–H groups in total. The van der Waals surface area contributed by atoms with Gasteiger partial charge in [0, 0.05) is 18.0 Å². The van der Waals surface area contributed by atoms with Gasteiger partial charge in [0.15, 0.2) is 0 Å². The number of fused-ring (bicyclic) bond motifs is 2. The van der Waals surface area contributed by atoms with Gasteiger partial charge in [0.1, 0.15) is 11.8 Å². The molecule has 0 amide bonds. The third-order valence-corrected chi connectivity index (χ3v) is 5.47. The highest BCUT2D eigenvalue weighted by atomic mass is 16.3. The first kappa shape index (κ1) is 16.3. The van der Waals surface area contributed by atoms with E-state index in [9.17, 15) is 10.4 Å². The number of hydrogen-bond acceptors (Lipinski definition) is 4. The van der Waals surface area contributed by atoms with Crippen LogP contribution in [-0.2, 0) is 13.5 Å². The van der Waals surface area contributed by atoms with Crippen LogP contribution in [0.25, 0.3) is 22.0 Å². The molecule has 0 aliphatic heterocycles. The molecular weight excluding hydrogens is 350 g/mol. The predicted octanol–water partition coefficient (Wildman–Crippen LogP) is 3.70. The van der Waals surface area contributed by atoms with Crippen LogP contribution in [0.2, 0.25) is 0 Å². The number of H-pyrrole nitrogens is 1. The topological polar surface area (TPSA) is 90.5 Å². The van der Waals surface area contributed by atoms with Crippen molar-refractivity contribution in [3.05, 3.63) is 76.2 Å². The molecule has 0 spiro atoms. The fraction of sp³-hybridized carbons (Fsp3) is 0.136. The monoisotopic (exact) mass is 367 g/mol. The molecule has 0 saturated carbocycles. The molecule has 2 aromatic heterocycles. The molecule has 1 aliphatic rings. The zero-order valence-electron chi connectivity index (χ0n) is 15.5. The Morgan fingerprint density at radius 1 is 1.21 bits per heavy atom. The number of benzene rings is 2. The summed E-state index contributed by atoms with van der Waals surface area (Å²) in [5.41, 5.74) is 8.58. The Hall–Kier alpha value is -3.85. The third-order valence-electron chi connectivity index (χ3n) is 5.47. The molecule has 4 aromatic rings. The summed E-state index contributed by atoms with van der Waals surface area (Å²) < 4.78 is 1.73. The first-order valence-electron chi connectivity index (χ1n) is 8.99. The van der Waals surface area contributed by atoms with Gasteiger partial charge in [-0.25, -0.2) is 0 Å². The summed E-state index contributed by atoms with van der Waals surface area (Å²) in [6.07, 6.45) is 4.13. The molecule has 0 saturated heterocycles. The highest BCUT2D eigenvalue weighted by Crippen LogP contribution is 2.45. The van der Waals surface area contributed by atoms with Crippen molar-refractivity contribution >= 4 is 22.0 Å². The number of nitrogens with zero attached hydrogens (tertiary/aromatic N) is 4. The quantitative estimate of drug-likeness (QED) is 0.565. The SMILES string of the molecule is Cc1cc(O)cc2c1CC(c1ccc3[nH]ncc3c1)=C2c1c(C#N)cnn1C. The second kappa shape index (κ2) is 5.83. The first-order chi connectivity index (χ1) is 13.6. The van der Waals surface area contributed by atoms with Gasteiger partial charge in [-0.15, -0.1) is 0 Å². The number of nitrogens with one attached hydrogen (secondary N) is 1. The van der Waals surface area contributed by atoms with Crippen molar-refractivity contribution in [1.29, 1.82) is 5.26 Å². The van der Waals surface area contributed by atoms with Gasteiger partial charge in [0.05, 0.1) is 29.2 Å². The zero-order chi connectivity index (χ0) is 19.4. The van der Waals surface area contributed by atoms with Gasteiger partial charge < -0.3 is 5.11 Å². The Kier molecular flexibility index (Phi) is 3.40.